The van der Waals surface area contributed by atoms with Gasteiger partial charge in [0.1, 0.15) is 0 Å². The van der Waals surface area contributed by atoms with E-state index in [4.69, 9.17) is 4.74 Å². The Bertz CT molecular complexity index is 659. The Morgan fingerprint density at radius 1 is 1.43 bits per heavy atom. The third kappa shape index (κ3) is 3.08. The van der Waals surface area contributed by atoms with Crippen molar-refractivity contribution < 1.29 is 14.6 Å². The van der Waals surface area contributed by atoms with E-state index in [1.165, 1.54) is 18.4 Å². The van der Waals surface area contributed by atoms with Gasteiger partial charge < -0.3 is 9.84 Å². The first-order valence-corrected chi connectivity index (χ1v) is 7.49. The molecule has 0 aromatic carbocycles. The molecule has 2 aromatic rings. The normalized spacial score (nSPS) is 14.6. The van der Waals surface area contributed by atoms with Gasteiger partial charge in [-0.15, -0.1) is 0 Å². The van der Waals surface area contributed by atoms with E-state index in [1.807, 2.05) is 17.5 Å². The summed E-state index contributed by atoms with van der Waals surface area (Å²) in [7, 11) is 0. The van der Waals surface area contributed by atoms with Gasteiger partial charge in [-0.1, -0.05) is 0 Å². The second-order valence-corrected chi connectivity index (χ2v) is 5.49. The fourth-order valence-corrected chi connectivity index (χ4v) is 2.62. The summed E-state index contributed by atoms with van der Waals surface area (Å²) in [5, 5.41) is 13.6. The molecule has 112 valence electrons. The van der Waals surface area contributed by atoms with Crippen molar-refractivity contribution in [3.05, 3.63) is 35.2 Å². The Morgan fingerprint density at radius 3 is 2.90 bits per heavy atom. The maximum atomic E-state index is 11.6. The molecule has 21 heavy (non-hydrogen) atoms. The van der Waals surface area contributed by atoms with Crippen molar-refractivity contribution in [2.75, 3.05) is 6.61 Å². The molecule has 3 rings (SSSR count). The molecule has 2 aromatic heterocycles. The number of hydrogen-bond donors (Lipinski definition) is 1. The number of fused-ring (bicyclic) bond motifs is 1. The average Bonchev–Trinajstić information content (AvgIpc) is 3.24. The SMILES string of the molecule is CCOC(=O)CCc1cc(C2CC2)cc2cc(CO)nn12. The van der Waals surface area contributed by atoms with Gasteiger partial charge in [0, 0.05) is 12.1 Å². The molecule has 1 aliphatic carbocycles. The summed E-state index contributed by atoms with van der Waals surface area (Å²) >= 11 is 0. The van der Waals surface area contributed by atoms with Gasteiger partial charge >= 0.3 is 5.97 Å². The van der Waals surface area contributed by atoms with Crippen LogP contribution in [0.1, 0.15) is 49.1 Å². The number of rotatable bonds is 6. The van der Waals surface area contributed by atoms with Gasteiger partial charge in [-0.25, -0.2) is 4.52 Å². The summed E-state index contributed by atoms with van der Waals surface area (Å²) < 4.78 is 6.81. The zero-order valence-corrected chi connectivity index (χ0v) is 12.2. The fourth-order valence-electron chi connectivity index (χ4n) is 2.62. The van der Waals surface area contributed by atoms with Gasteiger partial charge in [0.15, 0.2) is 0 Å². The minimum absolute atomic E-state index is 0.0717. The number of nitrogens with zero attached hydrogens (tertiary/aromatic N) is 2. The van der Waals surface area contributed by atoms with Crippen molar-refractivity contribution in [3.63, 3.8) is 0 Å². The van der Waals surface area contributed by atoms with Crippen molar-refractivity contribution in [3.8, 4) is 0 Å². The van der Waals surface area contributed by atoms with E-state index < -0.39 is 0 Å². The maximum absolute atomic E-state index is 11.6. The average molecular weight is 288 g/mol. The molecule has 1 N–H and O–H groups in total. The molecular weight excluding hydrogens is 268 g/mol. The summed E-state index contributed by atoms with van der Waals surface area (Å²) in [6, 6.07) is 6.18. The molecule has 0 aliphatic heterocycles. The highest BCUT2D eigenvalue weighted by Crippen LogP contribution is 2.40. The van der Waals surface area contributed by atoms with Gasteiger partial charge in [-0.05, 0) is 49.4 Å². The first kappa shape index (κ1) is 14.1. The maximum Gasteiger partial charge on any atom is 0.306 e. The van der Waals surface area contributed by atoms with Crippen molar-refractivity contribution >= 4 is 11.5 Å². The van der Waals surface area contributed by atoms with Crippen LogP contribution in [0, 0.1) is 0 Å². The molecule has 0 unspecified atom stereocenters. The standard InChI is InChI=1S/C16H20N2O3/c1-2-21-16(20)6-5-14-7-12(11-3-4-11)8-15-9-13(10-19)17-18(14)15/h7-9,11,19H,2-6,10H2,1H3. The van der Waals surface area contributed by atoms with Gasteiger partial charge in [-0.3, -0.25) is 4.79 Å². The zero-order chi connectivity index (χ0) is 14.8. The molecular formula is C16H20N2O3. The summed E-state index contributed by atoms with van der Waals surface area (Å²) in [6.07, 6.45) is 3.41. The van der Waals surface area contributed by atoms with Crippen LogP contribution in [0.5, 0.6) is 0 Å². The van der Waals surface area contributed by atoms with Crippen LogP contribution in [-0.2, 0) is 22.6 Å². The molecule has 0 atom stereocenters. The van der Waals surface area contributed by atoms with Crippen LogP contribution in [0.15, 0.2) is 18.2 Å². The lowest BCUT2D eigenvalue weighted by molar-refractivity contribution is -0.143. The van der Waals surface area contributed by atoms with Crippen LogP contribution in [0.4, 0.5) is 0 Å². The van der Waals surface area contributed by atoms with Crippen LogP contribution < -0.4 is 0 Å². The lowest BCUT2D eigenvalue weighted by Crippen LogP contribution is -2.08. The second-order valence-electron chi connectivity index (χ2n) is 5.49. The fraction of sp³-hybridized carbons (Fsp3) is 0.500. The minimum atomic E-state index is -0.183. The summed E-state index contributed by atoms with van der Waals surface area (Å²) in [5.41, 5.74) is 3.95. The van der Waals surface area contributed by atoms with E-state index in [2.05, 4.69) is 17.2 Å². The Balaban J connectivity index is 1.90. The van der Waals surface area contributed by atoms with Crippen LogP contribution in [0.2, 0.25) is 0 Å². The molecule has 1 fully saturated rings. The number of aromatic nitrogens is 2. The van der Waals surface area contributed by atoms with E-state index in [0.29, 0.717) is 31.1 Å². The molecule has 2 heterocycles. The number of aliphatic hydroxyl groups is 1. The number of carbonyl (C=O) groups excluding carboxylic acids is 1. The van der Waals surface area contributed by atoms with Gasteiger partial charge in [0.25, 0.3) is 0 Å². The van der Waals surface area contributed by atoms with Crippen LogP contribution >= 0.6 is 0 Å². The van der Waals surface area contributed by atoms with Crippen LogP contribution in [-0.4, -0.2) is 27.3 Å². The minimum Gasteiger partial charge on any atom is -0.466 e. The Hall–Kier alpha value is -1.88. The largest absolute Gasteiger partial charge is 0.466 e. The first-order valence-electron chi connectivity index (χ1n) is 7.49. The number of ether oxygens (including phenoxy) is 1. The predicted molar refractivity (Wildman–Crippen MR) is 78.0 cm³/mol. The Labute approximate surface area is 123 Å². The zero-order valence-electron chi connectivity index (χ0n) is 12.2. The highest BCUT2D eigenvalue weighted by molar-refractivity contribution is 5.69. The smallest absolute Gasteiger partial charge is 0.306 e. The molecule has 1 aliphatic rings. The van der Waals surface area contributed by atoms with E-state index in [0.717, 1.165) is 11.2 Å². The Kier molecular flexibility index (Phi) is 3.92. The molecule has 0 bridgehead atoms. The van der Waals surface area contributed by atoms with Crippen molar-refractivity contribution in [1.29, 1.82) is 0 Å². The summed E-state index contributed by atoms with van der Waals surface area (Å²) in [4.78, 5) is 11.6. The molecule has 0 radical (unpaired) electrons. The van der Waals surface area contributed by atoms with E-state index in [1.54, 1.807) is 0 Å². The lowest BCUT2D eigenvalue weighted by Gasteiger charge is -2.08. The molecule has 0 spiro atoms. The van der Waals surface area contributed by atoms with Gasteiger partial charge in [0.05, 0.1) is 30.8 Å². The van der Waals surface area contributed by atoms with Crippen molar-refractivity contribution in [2.24, 2.45) is 0 Å². The van der Waals surface area contributed by atoms with Crippen LogP contribution in [0.25, 0.3) is 5.52 Å². The van der Waals surface area contributed by atoms with Crippen LogP contribution in [0.3, 0.4) is 0 Å². The van der Waals surface area contributed by atoms with Crippen molar-refractivity contribution in [1.82, 2.24) is 9.61 Å². The highest BCUT2D eigenvalue weighted by atomic mass is 16.5. The van der Waals surface area contributed by atoms with E-state index >= 15 is 0 Å². The third-order valence-electron chi connectivity index (χ3n) is 3.81. The Morgan fingerprint density at radius 2 is 2.24 bits per heavy atom. The molecule has 0 amide bonds. The lowest BCUT2D eigenvalue weighted by atomic mass is 10.1. The summed E-state index contributed by atoms with van der Waals surface area (Å²) in [5.74, 6) is 0.459. The number of pyridine rings is 1. The highest BCUT2D eigenvalue weighted by Gasteiger charge is 2.25. The van der Waals surface area contributed by atoms with Crippen molar-refractivity contribution in [2.45, 2.75) is 45.1 Å². The second kappa shape index (κ2) is 5.85. The number of aliphatic hydroxyl groups excluding tert-OH is 1. The number of hydrogen-bond acceptors (Lipinski definition) is 4. The molecule has 0 saturated heterocycles. The first-order chi connectivity index (χ1) is 10.2. The number of carbonyl (C=O) groups is 1. The molecule has 5 heteroatoms. The van der Waals surface area contributed by atoms with Gasteiger partial charge in [0.2, 0.25) is 0 Å². The number of esters is 1. The number of aryl methyl sites for hydroxylation is 1. The quantitative estimate of drug-likeness (QED) is 0.828. The molecule has 5 nitrogen and oxygen atoms in total. The monoisotopic (exact) mass is 288 g/mol. The van der Waals surface area contributed by atoms with E-state index in [-0.39, 0.29) is 12.6 Å². The van der Waals surface area contributed by atoms with E-state index in [9.17, 15) is 9.90 Å². The predicted octanol–water partition coefficient (Wildman–Crippen LogP) is 2.20. The molecule has 1 saturated carbocycles. The van der Waals surface area contributed by atoms with Gasteiger partial charge in [-0.2, -0.15) is 5.10 Å². The summed E-state index contributed by atoms with van der Waals surface area (Å²) in [6.45, 7) is 2.15. The third-order valence-corrected chi connectivity index (χ3v) is 3.81. The topological polar surface area (TPSA) is 63.8 Å².